The lowest BCUT2D eigenvalue weighted by molar-refractivity contribution is 0.225. The van der Waals surface area contributed by atoms with Gasteiger partial charge in [-0.2, -0.15) is 0 Å². The molecular formula is C13H20N6OS. The molecule has 7 nitrogen and oxygen atoms in total. The Morgan fingerprint density at radius 3 is 2.90 bits per heavy atom. The largest absolute Gasteiger partial charge is 0.331 e. The zero-order valence-corrected chi connectivity index (χ0v) is 13.3. The normalized spacial score (nSPS) is 13.7. The molecule has 2 heterocycles. The Morgan fingerprint density at radius 1 is 1.48 bits per heavy atom. The number of urea groups is 1. The summed E-state index contributed by atoms with van der Waals surface area (Å²) in [7, 11) is 0. The Balaban J connectivity index is 1.95. The monoisotopic (exact) mass is 308 g/mol. The van der Waals surface area contributed by atoms with Gasteiger partial charge in [-0.1, -0.05) is 6.92 Å². The number of amides is 2. The zero-order valence-electron chi connectivity index (χ0n) is 12.5. The number of nitrogens with zero attached hydrogens (tertiary/aromatic N) is 4. The second-order valence-electron chi connectivity index (χ2n) is 4.86. The van der Waals surface area contributed by atoms with Crippen LogP contribution in [0.2, 0.25) is 0 Å². The van der Waals surface area contributed by atoms with Crippen molar-refractivity contribution in [3.05, 3.63) is 28.7 Å². The Bertz CT molecular complexity index is 581. The number of carbonyl (C=O) groups is 1. The van der Waals surface area contributed by atoms with E-state index >= 15 is 0 Å². The molecule has 21 heavy (non-hydrogen) atoms. The first-order chi connectivity index (χ1) is 10.1. The van der Waals surface area contributed by atoms with Crippen LogP contribution in [0.15, 0.2) is 17.9 Å². The highest BCUT2D eigenvalue weighted by Gasteiger charge is 2.29. The summed E-state index contributed by atoms with van der Waals surface area (Å²) >= 11 is 1.54. The Morgan fingerprint density at radius 2 is 2.29 bits per heavy atom. The molecule has 1 unspecified atom stereocenters. The van der Waals surface area contributed by atoms with Crippen molar-refractivity contribution in [3.63, 3.8) is 0 Å². The summed E-state index contributed by atoms with van der Waals surface area (Å²) in [6.07, 6.45) is 4.16. The molecule has 2 N–H and O–H groups in total. The van der Waals surface area contributed by atoms with Gasteiger partial charge in [0.05, 0.1) is 12.1 Å². The SMILES string of the molecule is CCn1cnnc1CNC(=O)NC(C)(CC)c1nccs1. The van der Waals surface area contributed by atoms with Gasteiger partial charge in [0, 0.05) is 18.1 Å². The van der Waals surface area contributed by atoms with Crippen molar-refractivity contribution in [2.75, 3.05) is 0 Å². The second kappa shape index (κ2) is 6.66. The third-order valence-corrected chi connectivity index (χ3v) is 4.48. The first kappa shape index (κ1) is 15.4. The summed E-state index contributed by atoms with van der Waals surface area (Å²) < 4.78 is 1.89. The Labute approximate surface area is 127 Å². The first-order valence-corrected chi connectivity index (χ1v) is 7.79. The molecule has 0 saturated heterocycles. The predicted molar refractivity (Wildman–Crippen MR) is 80.8 cm³/mol. The fourth-order valence-electron chi connectivity index (χ4n) is 1.92. The smallest absolute Gasteiger partial charge is 0.315 e. The topological polar surface area (TPSA) is 84.7 Å². The number of hydrogen-bond donors (Lipinski definition) is 2. The molecule has 114 valence electrons. The second-order valence-corrected chi connectivity index (χ2v) is 5.76. The van der Waals surface area contributed by atoms with Gasteiger partial charge in [0.25, 0.3) is 0 Å². The summed E-state index contributed by atoms with van der Waals surface area (Å²) in [6.45, 7) is 7.12. The van der Waals surface area contributed by atoms with Gasteiger partial charge < -0.3 is 15.2 Å². The van der Waals surface area contributed by atoms with Gasteiger partial charge in [0.15, 0.2) is 5.82 Å². The fourth-order valence-corrected chi connectivity index (χ4v) is 2.75. The van der Waals surface area contributed by atoms with Crippen molar-refractivity contribution in [1.29, 1.82) is 0 Å². The molecule has 0 bridgehead atoms. The molecule has 0 aliphatic carbocycles. The first-order valence-electron chi connectivity index (χ1n) is 6.91. The molecule has 2 rings (SSSR count). The van der Waals surface area contributed by atoms with E-state index in [1.54, 1.807) is 12.5 Å². The molecule has 0 spiro atoms. The van der Waals surface area contributed by atoms with Crippen molar-refractivity contribution in [1.82, 2.24) is 30.4 Å². The minimum Gasteiger partial charge on any atom is -0.331 e. The third-order valence-electron chi connectivity index (χ3n) is 3.44. The lowest BCUT2D eigenvalue weighted by atomic mass is 10.0. The maximum atomic E-state index is 12.1. The lowest BCUT2D eigenvalue weighted by Crippen LogP contribution is -2.47. The van der Waals surface area contributed by atoms with E-state index in [0.717, 1.165) is 23.8 Å². The molecule has 0 aliphatic rings. The summed E-state index contributed by atoms with van der Waals surface area (Å²) in [5.74, 6) is 0.736. The predicted octanol–water partition coefficient (Wildman–Crippen LogP) is 1.88. The highest BCUT2D eigenvalue weighted by Crippen LogP contribution is 2.25. The maximum Gasteiger partial charge on any atom is 0.315 e. The summed E-state index contributed by atoms with van der Waals surface area (Å²) in [4.78, 5) is 16.4. The van der Waals surface area contributed by atoms with Gasteiger partial charge >= 0.3 is 6.03 Å². The number of aryl methyl sites for hydroxylation is 1. The van der Waals surface area contributed by atoms with E-state index in [-0.39, 0.29) is 6.03 Å². The number of nitrogens with one attached hydrogen (secondary N) is 2. The highest BCUT2D eigenvalue weighted by molar-refractivity contribution is 7.09. The van der Waals surface area contributed by atoms with Gasteiger partial charge in [0.1, 0.15) is 11.3 Å². The molecule has 1 atom stereocenters. The van der Waals surface area contributed by atoms with E-state index < -0.39 is 5.54 Å². The number of hydrogen-bond acceptors (Lipinski definition) is 5. The van der Waals surface area contributed by atoms with Crippen LogP contribution < -0.4 is 10.6 Å². The van der Waals surface area contributed by atoms with Gasteiger partial charge in [-0.15, -0.1) is 21.5 Å². The van der Waals surface area contributed by atoms with E-state index in [4.69, 9.17) is 0 Å². The van der Waals surface area contributed by atoms with Crippen LogP contribution in [0, 0.1) is 0 Å². The molecule has 0 aliphatic heterocycles. The van der Waals surface area contributed by atoms with Crippen LogP contribution in [-0.4, -0.2) is 25.8 Å². The van der Waals surface area contributed by atoms with Crippen molar-refractivity contribution in [3.8, 4) is 0 Å². The zero-order chi connectivity index (χ0) is 15.3. The average Bonchev–Trinajstić information content (AvgIpc) is 3.15. The quantitative estimate of drug-likeness (QED) is 0.853. The number of carbonyl (C=O) groups excluding carboxylic acids is 1. The molecular weight excluding hydrogens is 288 g/mol. The minimum absolute atomic E-state index is 0.236. The molecule has 8 heteroatoms. The van der Waals surface area contributed by atoms with Gasteiger partial charge in [-0.3, -0.25) is 0 Å². The van der Waals surface area contributed by atoms with Crippen LogP contribution in [0.25, 0.3) is 0 Å². The molecule has 2 amide bonds. The van der Waals surface area contributed by atoms with E-state index in [2.05, 4.69) is 25.8 Å². The molecule has 2 aromatic rings. The summed E-state index contributed by atoms with van der Waals surface area (Å²) in [6, 6.07) is -0.236. The fraction of sp³-hybridized carbons (Fsp3) is 0.538. The van der Waals surface area contributed by atoms with E-state index in [0.29, 0.717) is 6.54 Å². The van der Waals surface area contributed by atoms with Crippen molar-refractivity contribution in [2.24, 2.45) is 0 Å². The van der Waals surface area contributed by atoms with Gasteiger partial charge in [-0.25, -0.2) is 9.78 Å². The van der Waals surface area contributed by atoms with E-state index in [9.17, 15) is 4.79 Å². The van der Waals surface area contributed by atoms with Crippen LogP contribution >= 0.6 is 11.3 Å². The summed E-state index contributed by atoms with van der Waals surface area (Å²) in [5, 5.41) is 16.4. The molecule has 0 aromatic carbocycles. The van der Waals surface area contributed by atoms with Gasteiger partial charge in [0.2, 0.25) is 0 Å². The minimum atomic E-state index is -0.462. The van der Waals surface area contributed by atoms with Crippen LogP contribution in [0.5, 0.6) is 0 Å². The molecule has 0 radical (unpaired) electrons. The van der Waals surface area contributed by atoms with E-state index in [1.807, 2.05) is 30.7 Å². The Hall–Kier alpha value is -1.96. The number of aromatic nitrogens is 4. The standard InChI is InChI=1S/C13H20N6OS/c1-4-13(3,11-14-6-7-21-11)17-12(20)15-8-10-18-16-9-19(10)5-2/h6-7,9H,4-5,8H2,1-3H3,(H2,15,17,20). The third kappa shape index (κ3) is 3.57. The number of rotatable bonds is 6. The average molecular weight is 308 g/mol. The Kier molecular flexibility index (Phi) is 4.89. The molecule has 2 aromatic heterocycles. The lowest BCUT2D eigenvalue weighted by Gasteiger charge is -2.27. The van der Waals surface area contributed by atoms with Gasteiger partial charge in [-0.05, 0) is 20.3 Å². The van der Waals surface area contributed by atoms with Crippen molar-refractivity contribution in [2.45, 2.75) is 45.8 Å². The van der Waals surface area contributed by atoms with Crippen molar-refractivity contribution >= 4 is 17.4 Å². The van der Waals surface area contributed by atoms with Crippen LogP contribution in [0.3, 0.4) is 0 Å². The van der Waals surface area contributed by atoms with Crippen LogP contribution in [0.4, 0.5) is 4.79 Å². The van der Waals surface area contributed by atoms with Crippen LogP contribution in [0.1, 0.15) is 38.0 Å². The van der Waals surface area contributed by atoms with Crippen molar-refractivity contribution < 1.29 is 4.79 Å². The molecule has 0 fully saturated rings. The molecule has 0 saturated carbocycles. The maximum absolute atomic E-state index is 12.1. The summed E-state index contributed by atoms with van der Waals surface area (Å²) in [5.41, 5.74) is -0.462. The number of thiazole rings is 1. The van der Waals surface area contributed by atoms with Crippen LogP contribution in [-0.2, 0) is 18.6 Å². The van der Waals surface area contributed by atoms with E-state index in [1.165, 1.54) is 11.3 Å². The highest BCUT2D eigenvalue weighted by atomic mass is 32.1.